The number of aromatic nitrogens is 10. The number of benzene rings is 19. The number of hydrogen-bond donors (Lipinski definition) is 0. The summed E-state index contributed by atoms with van der Waals surface area (Å²) in [5.41, 5.74) is 38.3. The molecule has 0 atom stereocenters. The van der Waals surface area contributed by atoms with Crippen LogP contribution in [0.4, 0.5) is 0 Å². The van der Waals surface area contributed by atoms with Gasteiger partial charge in [0.1, 0.15) is 5.58 Å². The summed E-state index contributed by atoms with van der Waals surface area (Å²) in [4.78, 5) is 31.6. The predicted octanol–water partition coefficient (Wildman–Crippen LogP) is 35.0. The molecular formula is C135H92N10OS. The van der Waals surface area contributed by atoms with Gasteiger partial charge in [-0.25, -0.2) is 29.9 Å². The van der Waals surface area contributed by atoms with E-state index in [1.807, 2.05) is 53.8 Å². The molecule has 3 aliphatic rings. The maximum atomic E-state index is 6.57. The second kappa shape index (κ2) is 32.8. The molecule has 3 aliphatic carbocycles. The Bertz CT molecular complexity index is 9940. The van der Waals surface area contributed by atoms with Crippen molar-refractivity contribution >= 4 is 141 Å². The SMILES string of the molecule is CC1(C)c2ccccc2-c2nc(-c3ccccc3)nc(-c3ccc(-n4c5ccccc5c5ccc6c7ccccc7n(-c7ccccc7)c6c54)cc3)c21.CC1(C)c2ccccc2-c2nc(-c3ccccc3)nc(-c3ccc(-n4c5ccccc5c5ccc6c7ccccc7oc6c54)cc3)c21.CC1(C)c2ccccc2-c2nc(-c3ccccc3)nc(-c3ccc(-n4c5ccccc5c5ccc6c7ccccc7sc6c54)cc3)c21. The molecule has 28 aromatic rings. The van der Waals surface area contributed by atoms with Crippen molar-refractivity contribution in [2.45, 2.75) is 57.8 Å². The molecule has 694 valence electrons. The topological polar surface area (TPSA) is 110 Å². The summed E-state index contributed by atoms with van der Waals surface area (Å²) in [6.45, 7) is 13.8. The first kappa shape index (κ1) is 85.4. The van der Waals surface area contributed by atoms with Gasteiger partial charge in [0.15, 0.2) is 23.1 Å². The van der Waals surface area contributed by atoms with E-state index in [0.29, 0.717) is 0 Å². The van der Waals surface area contributed by atoms with E-state index in [1.165, 1.54) is 146 Å². The Kier molecular flexibility index (Phi) is 19.1. The average molecular weight is 1900 g/mol. The number of rotatable bonds is 10. The molecule has 0 unspecified atom stereocenters. The predicted molar refractivity (Wildman–Crippen MR) is 609 cm³/mol. The fourth-order valence-electron chi connectivity index (χ4n) is 24.5. The number of nitrogens with zero attached hydrogens (tertiary/aromatic N) is 10. The van der Waals surface area contributed by atoms with E-state index < -0.39 is 0 Å². The van der Waals surface area contributed by atoms with Crippen LogP contribution in [0.15, 0.2) is 453 Å². The van der Waals surface area contributed by atoms with E-state index in [-0.39, 0.29) is 16.2 Å². The first-order valence-electron chi connectivity index (χ1n) is 50.5. The third-order valence-corrected chi connectivity index (χ3v) is 32.5. The number of fused-ring (bicyclic) bond motifs is 30. The van der Waals surface area contributed by atoms with Gasteiger partial charge >= 0.3 is 0 Å². The van der Waals surface area contributed by atoms with E-state index in [1.54, 1.807) is 0 Å². The normalized spacial score (nSPS) is 13.4. The molecule has 9 heterocycles. The molecule has 147 heavy (non-hydrogen) atoms. The summed E-state index contributed by atoms with van der Waals surface area (Å²) in [6.07, 6.45) is 0. The van der Waals surface area contributed by atoms with Crippen molar-refractivity contribution in [2.75, 3.05) is 0 Å². The van der Waals surface area contributed by atoms with E-state index in [2.05, 4.69) is 466 Å². The molecule has 0 saturated heterocycles. The van der Waals surface area contributed by atoms with Gasteiger partial charge < -0.3 is 22.7 Å². The van der Waals surface area contributed by atoms with Gasteiger partial charge in [0.05, 0.1) is 83.0 Å². The number of hydrogen-bond acceptors (Lipinski definition) is 8. The van der Waals surface area contributed by atoms with Crippen molar-refractivity contribution in [3.8, 4) is 124 Å². The van der Waals surface area contributed by atoms with Crippen LogP contribution in [-0.4, -0.2) is 48.2 Å². The summed E-state index contributed by atoms with van der Waals surface area (Å²) in [5.74, 6) is 2.24. The maximum Gasteiger partial charge on any atom is 0.160 e. The van der Waals surface area contributed by atoms with Gasteiger partial charge in [0, 0.05) is 175 Å². The Balaban J connectivity index is 0.000000104. The lowest BCUT2D eigenvalue weighted by atomic mass is 9.81. The van der Waals surface area contributed by atoms with Gasteiger partial charge in [-0.2, -0.15) is 0 Å². The van der Waals surface area contributed by atoms with E-state index >= 15 is 0 Å². The van der Waals surface area contributed by atoms with E-state index in [0.717, 1.165) is 141 Å². The van der Waals surface area contributed by atoms with Gasteiger partial charge in [0.2, 0.25) is 0 Å². The second-order valence-electron chi connectivity index (χ2n) is 40.6. The zero-order chi connectivity index (χ0) is 97.8. The fraction of sp³-hybridized carbons (Fsp3) is 0.0667. The van der Waals surface area contributed by atoms with Crippen LogP contribution in [0.3, 0.4) is 0 Å². The highest BCUT2D eigenvalue weighted by molar-refractivity contribution is 7.26. The van der Waals surface area contributed by atoms with Crippen LogP contribution < -0.4 is 0 Å². The lowest BCUT2D eigenvalue weighted by Gasteiger charge is -2.24. The molecule has 0 amide bonds. The molecule has 12 heteroatoms. The van der Waals surface area contributed by atoms with Crippen molar-refractivity contribution in [3.63, 3.8) is 0 Å². The number of thiophene rings is 1. The summed E-state index contributed by atoms with van der Waals surface area (Å²) in [6, 6.07) is 160. The Morgan fingerprint density at radius 1 is 0.204 bits per heavy atom. The molecular weight excluding hydrogens is 1810 g/mol. The minimum atomic E-state index is -0.252. The van der Waals surface area contributed by atoms with Gasteiger partial charge in [-0.05, 0) is 108 Å². The fourth-order valence-corrected chi connectivity index (χ4v) is 25.8. The van der Waals surface area contributed by atoms with Gasteiger partial charge in [0.25, 0.3) is 0 Å². The molecule has 31 rings (SSSR count). The highest BCUT2D eigenvalue weighted by Crippen LogP contribution is 2.57. The third-order valence-electron chi connectivity index (χ3n) is 31.3. The van der Waals surface area contributed by atoms with Crippen LogP contribution in [-0.2, 0) is 16.2 Å². The Labute approximate surface area is 851 Å². The van der Waals surface area contributed by atoms with Crippen molar-refractivity contribution in [2.24, 2.45) is 0 Å². The lowest BCUT2D eigenvalue weighted by Crippen LogP contribution is -2.17. The van der Waals surface area contributed by atoms with Crippen molar-refractivity contribution < 1.29 is 4.42 Å². The van der Waals surface area contributed by atoms with Crippen LogP contribution in [0, 0.1) is 0 Å². The second-order valence-corrected chi connectivity index (χ2v) is 41.6. The summed E-state index contributed by atoms with van der Waals surface area (Å²) >= 11 is 1.88. The largest absolute Gasteiger partial charge is 0.454 e. The van der Waals surface area contributed by atoms with Gasteiger partial charge in [-0.1, -0.05) is 399 Å². The standard InChI is InChI=1S/C49H34N4.C43H29N3O.C43H29N3S/c1-49(2)40-22-12-9-21-39(40)45-43(49)44(50-48(51-45)32-15-5-3-6-16-32)31-25-27-34(28-26-31)53-42-24-14-11-20-36(42)38-30-29-37-35-19-10-13-23-41(35)52(46(37)47(38)53)33-17-7-4-8-18-33;2*1-43(2)34-17-9-6-16-33(34)39-37(43)38(44-42(45-39)27-12-4-3-5-13-27)26-20-22-28(23-21-26)46-35-18-10-7-14-29(35)31-24-25-32-30-15-8-11-19-36(30)47-41(32)40(31)46/h3-30H,1-2H3;2*3-25H,1-2H3. The molecule has 0 radical (unpaired) electrons. The third kappa shape index (κ3) is 13.0. The van der Waals surface area contributed by atoms with Gasteiger partial charge in [-0.15, -0.1) is 11.3 Å². The van der Waals surface area contributed by atoms with Crippen LogP contribution in [0.5, 0.6) is 0 Å². The van der Waals surface area contributed by atoms with E-state index in [9.17, 15) is 0 Å². The Morgan fingerprint density at radius 3 is 0.878 bits per heavy atom. The molecule has 0 saturated carbocycles. The van der Waals surface area contributed by atoms with Crippen LogP contribution >= 0.6 is 11.3 Å². The lowest BCUT2D eigenvalue weighted by molar-refractivity contribution is 0.657. The molecule has 9 aromatic heterocycles. The molecule has 0 N–H and O–H groups in total. The minimum absolute atomic E-state index is 0.227. The summed E-state index contributed by atoms with van der Waals surface area (Å²) < 4.78 is 18.9. The zero-order valence-electron chi connectivity index (χ0n) is 81.5. The summed E-state index contributed by atoms with van der Waals surface area (Å²) in [5, 5.41) is 14.8. The smallest absolute Gasteiger partial charge is 0.160 e. The molecule has 19 aromatic carbocycles. The molecule has 0 bridgehead atoms. The highest BCUT2D eigenvalue weighted by atomic mass is 32.1. The number of furan rings is 1. The van der Waals surface area contributed by atoms with Crippen LogP contribution in [0.2, 0.25) is 0 Å². The Morgan fingerprint density at radius 2 is 0.483 bits per heavy atom. The quantitative estimate of drug-likeness (QED) is 0.134. The first-order chi connectivity index (χ1) is 72.2. The van der Waals surface area contributed by atoms with Gasteiger partial charge in [-0.3, -0.25) is 0 Å². The zero-order valence-corrected chi connectivity index (χ0v) is 82.3. The van der Waals surface area contributed by atoms with Crippen LogP contribution in [0.1, 0.15) is 74.9 Å². The monoisotopic (exact) mass is 1900 g/mol. The average Bonchev–Trinajstić information content (AvgIpc) is 1.54. The van der Waals surface area contributed by atoms with E-state index in [4.69, 9.17) is 34.3 Å². The highest BCUT2D eigenvalue weighted by Gasteiger charge is 2.44. The van der Waals surface area contributed by atoms with Crippen LogP contribution in [0.25, 0.3) is 254 Å². The molecule has 0 spiro atoms. The summed E-state index contributed by atoms with van der Waals surface area (Å²) in [7, 11) is 0. The minimum Gasteiger partial charge on any atom is -0.454 e. The Hall–Kier alpha value is -18.4. The van der Waals surface area contributed by atoms with Crippen molar-refractivity contribution in [3.05, 3.63) is 482 Å². The van der Waals surface area contributed by atoms with Crippen molar-refractivity contribution in [1.82, 2.24) is 48.2 Å². The van der Waals surface area contributed by atoms with Crippen molar-refractivity contribution in [1.29, 1.82) is 0 Å². The molecule has 0 aliphatic heterocycles. The molecule has 0 fully saturated rings. The first-order valence-corrected chi connectivity index (χ1v) is 51.3. The number of para-hydroxylation sites is 6. The maximum absolute atomic E-state index is 6.57. The molecule has 11 nitrogen and oxygen atoms in total.